The van der Waals surface area contributed by atoms with E-state index in [0.717, 1.165) is 63.2 Å². The number of aromatic nitrogens is 1. The number of morpholine rings is 1. The average Bonchev–Trinajstić information content (AvgIpc) is 2.65. The summed E-state index contributed by atoms with van der Waals surface area (Å²) in [5.41, 5.74) is 1.10. The molecule has 152 valence electrons. The van der Waals surface area contributed by atoms with Gasteiger partial charge >= 0.3 is 0 Å². The molecule has 0 aromatic carbocycles. The molecular weight excluding hydrogens is 342 g/mol. The number of anilines is 1. The zero-order valence-corrected chi connectivity index (χ0v) is 17.2. The molecule has 0 spiro atoms. The third-order valence-corrected chi connectivity index (χ3v) is 4.28. The fraction of sp³-hybridized carbons (Fsp3) is 0.700. The van der Waals surface area contributed by atoms with Gasteiger partial charge in [0.05, 0.1) is 18.8 Å². The summed E-state index contributed by atoms with van der Waals surface area (Å²) in [7, 11) is 0. The molecule has 0 amide bonds. The quantitative estimate of drug-likeness (QED) is 0.390. The summed E-state index contributed by atoms with van der Waals surface area (Å²) in [4.78, 5) is 11.6. The minimum absolute atomic E-state index is 0.233. The molecule has 2 unspecified atom stereocenters. The first kappa shape index (κ1) is 21.4. The summed E-state index contributed by atoms with van der Waals surface area (Å²) in [6, 6.07) is 4.19. The fourth-order valence-electron chi connectivity index (χ4n) is 3.10. The van der Waals surface area contributed by atoms with Crippen LogP contribution in [0.4, 0.5) is 5.82 Å². The number of aliphatic imine (C=N–C) groups is 1. The summed E-state index contributed by atoms with van der Waals surface area (Å²) in [5.74, 6) is 1.83. The number of hydrogen-bond acceptors (Lipinski definition) is 5. The summed E-state index contributed by atoms with van der Waals surface area (Å²) in [5, 5.41) is 6.61. The van der Waals surface area contributed by atoms with Crippen LogP contribution in [0.15, 0.2) is 23.3 Å². The maximum absolute atomic E-state index is 5.79. The van der Waals surface area contributed by atoms with Crippen LogP contribution in [-0.2, 0) is 16.0 Å². The van der Waals surface area contributed by atoms with E-state index in [1.165, 1.54) is 0 Å². The normalized spacial score (nSPS) is 20.6. The van der Waals surface area contributed by atoms with Gasteiger partial charge in [-0.1, -0.05) is 6.07 Å². The summed E-state index contributed by atoms with van der Waals surface area (Å²) in [6.07, 6.45) is 3.35. The third-order valence-electron chi connectivity index (χ3n) is 4.28. The molecule has 2 heterocycles. The fourth-order valence-corrected chi connectivity index (χ4v) is 3.10. The van der Waals surface area contributed by atoms with E-state index < -0.39 is 0 Å². The van der Waals surface area contributed by atoms with E-state index in [2.05, 4.69) is 58.4 Å². The highest BCUT2D eigenvalue weighted by Gasteiger charge is 2.22. The maximum atomic E-state index is 5.79. The van der Waals surface area contributed by atoms with Crippen molar-refractivity contribution in [3.8, 4) is 0 Å². The van der Waals surface area contributed by atoms with E-state index in [0.29, 0.717) is 6.54 Å². The zero-order chi connectivity index (χ0) is 19.5. The van der Waals surface area contributed by atoms with Crippen LogP contribution in [0.25, 0.3) is 0 Å². The van der Waals surface area contributed by atoms with Gasteiger partial charge in [0, 0.05) is 45.6 Å². The van der Waals surface area contributed by atoms with E-state index in [-0.39, 0.29) is 12.2 Å². The molecule has 0 aliphatic carbocycles. The van der Waals surface area contributed by atoms with Crippen molar-refractivity contribution in [2.24, 2.45) is 4.99 Å². The minimum atomic E-state index is 0.233. The lowest BCUT2D eigenvalue weighted by Gasteiger charge is -2.36. The standard InChI is InChI=1S/C20H35N5O2/c1-5-21-20(22-10-7-11-26-6-2)24-13-18-8-9-19(23-12-18)25-14-16(3)27-17(4)15-25/h8-9,12,16-17H,5-7,10-11,13-15H2,1-4H3,(H2,21,22,24). The molecular formula is C20H35N5O2. The molecule has 0 radical (unpaired) electrons. The second kappa shape index (κ2) is 11.8. The van der Waals surface area contributed by atoms with E-state index in [4.69, 9.17) is 9.47 Å². The van der Waals surface area contributed by atoms with Gasteiger partial charge in [0.1, 0.15) is 5.82 Å². The highest BCUT2D eigenvalue weighted by atomic mass is 16.5. The van der Waals surface area contributed by atoms with Gasteiger partial charge in [-0.05, 0) is 45.7 Å². The molecule has 1 fully saturated rings. The van der Waals surface area contributed by atoms with Gasteiger partial charge in [-0.3, -0.25) is 0 Å². The van der Waals surface area contributed by atoms with Crippen molar-refractivity contribution < 1.29 is 9.47 Å². The Morgan fingerprint density at radius 1 is 1.26 bits per heavy atom. The Hall–Kier alpha value is -1.86. The Labute approximate surface area is 163 Å². The predicted molar refractivity (Wildman–Crippen MR) is 110 cm³/mol. The van der Waals surface area contributed by atoms with Crippen LogP contribution in [-0.4, -0.2) is 62.5 Å². The number of rotatable bonds is 9. The molecule has 27 heavy (non-hydrogen) atoms. The second-order valence-corrected chi connectivity index (χ2v) is 6.86. The van der Waals surface area contributed by atoms with Crippen molar-refractivity contribution in [3.05, 3.63) is 23.9 Å². The summed E-state index contributed by atoms with van der Waals surface area (Å²) in [6.45, 7) is 13.9. The van der Waals surface area contributed by atoms with Crippen molar-refractivity contribution in [3.63, 3.8) is 0 Å². The highest BCUT2D eigenvalue weighted by molar-refractivity contribution is 5.79. The molecule has 1 aliphatic rings. The van der Waals surface area contributed by atoms with Gasteiger partial charge < -0.3 is 25.0 Å². The first-order valence-electron chi connectivity index (χ1n) is 10.1. The molecule has 0 bridgehead atoms. The number of pyridine rings is 1. The number of hydrogen-bond donors (Lipinski definition) is 2. The lowest BCUT2D eigenvalue weighted by molar-refractivity contribution is -0.00545. The lowest BCUT2D eigenvalue weighted by Crippen LogP contribution is -2.45. The van der Waals surface area contributed by atoms with Crippen molar-refractivity contribution in [2.75, 3.05) is 44.3 Å². The van der Waals surface area contributed by atoms with Crippen LogP contribution in [0.2, 0.25) is 0 Å². The van der Waals surface area contributed by atoms with Crippen LogP contribution >= 0.6 is 0 Å². The Kier molecular flexibility index (Phi) is 9.35. The van der Waals surface area contributed by atoms with Crippen molar-refractivity contribution >= 4 is 11.8 Å². The molecule has 7 nitrogen and oxygen atoms in total. The second-order valence-electron chi connectivity index (χ2n) is 6.86. The number of guanidine groups is 1. The first-order chi connectivity index (χ1) is 13.1. The molecule has 1 aliphatic heterocycles. The smallest absolute Gasteiger partial charge is 0.191 e. The SMILES string of the molecule is CCNC(=NCc1ccc(N2CC(C)OC(C)C2)nc1)NCCCOCC. The summed E-state index contributed by atoms with van der Waals surface area (Å²) < 4.78 is 11.2. The van der Waals surface area contributed by atoms with E-state index in [1.54, 1.807) is 0 Å². The Balaban J connectivity index is 1.86. The largest absolute Gasteiger partial charge is 0.382 e. The van der Waals surface area contributed by atoms with Gasteiger partial charge in [-0.15, -0.1) is 0 Å². The zero-order valence-electron chi connectivity index (χ0n) is 17.2. The molecule has 7 heteroatoms. The lowest BCUT2D eigenvalue weighted by atomic mass is 10.2. The van der Waals surface area contributed by atoms with Crippen molar-refractivity contribution in [1.82, 2.24) is 15.6 Å². The molecule has 2 atom stereocenters. The number of nitrogens with one attached hydrogen (secondary N) is 2. The molecule has 2 N–H and O–H groups in total. The topological polar surface area (TPSA) is 71.0 Å². The van der Waals surface area contributed by atoms with E-state index >= 15 is 0 Å². The monoisotopic (exact) mass is 377 g/mol. The van der Waals surface area contributed by atoms with Gasteiger partial charge in [0.15, 0.2) is 5.96 Å². The predicted octanol–water partition coefficient (Wildman–Crippen LogP) is 2.18. The molecule has 0 saturated carbocycles. The van der Waals surface area contributed by atoms with Gasteiger partial charge in [-0.2, -0.15) is 0 Å². The number of nitrogens with zero attached hydrogens (tertiary/aromatic N) is 3. The van der Waals surface area contributed by atoms with Crippen LogP contribution in [0.1, 0.15) is 39.7 Å². The molecule has 2 rings (SSSR count). The summed E-state index contributed by atoms with van der Waals surface area (Å²) >= 11 is 0. The third kappa shape index (κ3) is 7.72. The van der Waals surface area contributed by atoms with Crippen molar-refractivity contribution in [2.45, 2.75) is 52.9 Å². The highest BCUT2D eigenvalue weighted by Crippen LogP contribution is 2.18. The Morgan fingerprint density at radius 3 is 2.67 bits per heavy atom. The molecule has 1 saturated heterocycles. The first-order valence-corrected chi connectivity index (χ1v) is 10.1. The van der Waals surface area contributed by atoms with Gasteiger partial charge in [-0.25, -0.2) is 9.98 Å². The Bertz CT molecular complexity index is 554. The van der Waals surface area contributed by atoms with Crippen LogP contribution < -0.4 is 15.5 Å². The van der Waals surface area contributed by atoms with Gasteiger partial charge in [0.2, 0.25) is 0 Å². The van der Waals surface area contributed by atoms with Crippen LogP contribution in [0, 0.1) is 0 Å². The average molecular weight is 378 g/mol. The van der Waals surface area contributed by atoms with Crippen LogP contribution in [0.3, 0.4) is 0 Å². The maximum Gasteiger partial charge on any atom is 0.191 e. The van der Waals surface area contributed by atoms with E-state index in [9.17, 15) is 0 Å². The number of ether oxygens (including phenoxy) is 2. The Morgan fingerprint density at radius 2 is 2.04 bits per heavy atom. The molecule has 1 aromatic heterocycles. The molecule has 1 aromatic rings. The van der Waals surface area contributed by atoms with Crippen LogP contribution in [0.5, 0.6) is 0 Å². The van der Waals surface area contributed by atoms with Gasteiger partial charge in [0.25, 0.3) is 0 Å². The van der Waals surface area contributed by atoms with E-state index in [1.807, 2.05) is 13.1 Å². The van der Waals surface area contributed by atoms with Crippen molar-refractivity contribution in [1.29, 1.82) is 0 Å². The minimum Gasteiger partial charge on any atom is -0.382 e.